The number of carbonyl (C=O) groups is 3. The normalized spacial score (nSPS) is 17.5. The fraction of sp³-hybridized carbons (Fsp3) is 0.258. The van der Waals surface area contributed by atoms with Crippen LogP contribution in [0.25, 0.3) is 5.57 Å². The molecular formula is C31H31N3O3. The van der Waals surface area contributed by atoms with Crippen LogP contribution in [0, 0.1) is 12.8 Å². The zero-order chi connectivity index (χ0) is 25.8. The lowest BCUT2D eigenvalue weighted by Crippen LogP contribution is -2.50. The molecular weight excluding hydrogens is 462 g/mol. The van der Waals surface area contributed by atoms with Crippen LogP contribution in [0.1, 0.15) is 42.4 Å². The maximum Gasteiger partial charge on any atom is 0.320 e. The monoisotopic (exact) mass is 493 g/mol. The average molecular weight is 494 g/mol. The van der Waals surface area contributed by atoms with Crippen molar-refractivity contribution in [2.75, 3.05) is 16.8 Å². The zero-order valence-electron chi connectivity index (χ0n) is 20.9. The molecule has 1 heterocycles. The predicted octanol–water partition coefficient (Wildman–Crippen LogP) is 5.72. The van der Waals surface area contributed by atoms with Gasteiger partial charge in [-0.15, -0.1) is 0 Å². The number of Topliss-reactive ketones (excluding diaryl/α,β-unsaturated/α-hetero) is 1. The minimum absolute atomic E-state index is 0.00585. The summed E-state index contributed by atoms with van der Waals surface area (Å²) in [7, 11) is 0. The Morgan fingerprint density at radius 1 is 0.919 bits per heavy atom. The third-order valence-electron chi connectivity index (χ3n) is 7.12. The lowest BCUT2D eigenvalue weighted by atomic mass is 9.95. The first kappa shape index (κ1) is 24.5. The third kappa shape index (κ3) is 5.48. The molecule has 3 aromatic rings. The molecule has 6 nitrogen and oxygen atoms in total. The Morgan fingerprint density at radius 2 is 1.65 bits per heavy atom. The molecule has 1 aliphatic carbocycles. The fourth-order valence-corrected chi connectivity index (χ4v) is 5.25. The van der Waals surface area contributed by atoms with Crippen molar-refractivity contribution in [3.63, 3.8) is 0 Å². The van der Waals surface area contributed by atoms with Crippen molar-refractivity contribution in [1.29, 1.82) is 0 Å². The van der Waals surface area contributed by atoms with Crippen molar-refractivity contribution in [3.8, 4) is 0 Å². The van der Waals surface area contributed by atoms with E-state index < -0.39 is 12.1 Å². The molecule has 1 atom stereocenters. The van der Waals surface area contributed by atoms with Gasteiger partial charge in [0.2, 0.25) is 0 Å². The van der Waals surface area contributed by atoms with E-state index in [1.165, 1.54) is 0 Å². The molecule has 1 saturated carbocycles. The van der Waals surface area contributed by atoms with Crippen LogP contribution >= 0.6 is 0 Å². The number of urea groups is 1. The summed E-state index contributed by atoms with van der Waals surface area (Å²) < 4.78 is 0. The molecule has 2 aliphatic rings. The van der Waals surface area contributed by atoms with Gasteiger partial charge in [0.15, 0.2) is 5.78 Å². The van der Waals surface area contributed by atoms with E-state index >= 15 is 0 Å². The average Bonchev–Trinajstić information content (AvgIpc) is 3.42. The molecule has 6 heteroatoms. The number of aryl methyl sites for hydroxylation is 1. The van der Waals surface area contributed by atoms with Gasteiger partial charge in [-0.05, 0) is 60.7 Å². The van der Waals surface area contributed by atoms with Crippen LogP contribution < -0.4 is 15.5 Å². The zero-order valence-corrected chi connectivity index (χ0v) is 20.9. The predicted molar refractivity (Wildman–Crippen MR) is 146 cm³/mol. The third-order valence-corrected chi connectivity index (χ3v) is 7.12. The SMILES string of the molecule is Cc1cccc(NC(=O)N[C@H]2C=C(c3ccccc3)c3ccccc3N(CC(=O)C3CCCC3)C2=O)c1. The van der Waals surface area contributed by atoms with Gasteiger partial charge in [-0.3, -0.25) is 9.59 Å². The molecule has 1 aliphatic heterocycles. The summed E-state index contributed by atoms with van der Waals surface area (Å²) in [6, 6.07) is 23.5. The molecule has 0 unspecified atom stereocenters. The number of amides is 3. The van der Waals surface area contributed by atoms with Crippen LogP contribution in [-0.2, 0) is 9.59 Å². The van der Waals surface area contributed by atoms with Crippen molar-refractivity contribution in [1.82, 2.24) is 5.32 Å². The molecule has 0 saturated heterocycles. The van der Waals surface area contributed by atoms with Gasteiger partial charge >= 0.3 is 6.03 Å². The molecule has 3 amide bonds. The maximum atomic E-state index is 14.0. The van der Waals surface area contributed by atoms with E-state index in [1.54, 1.807) is 17.0 Å². The molecule has 0 bridgehead atoms. The van der Waals surface area contributed by atoms with E-state index in [0.717, 1.165) is 47.9 Å². The van der Waals surface area contributed by atoms with E-state index in [9.17, 15) is 14.4 Å². The second-order valence-corrected chi connectivity index (χ2v) is 9.78. The quantitative estimate of drug-likeness (QED) is 0.461. The second-order valence-electron chi connectivity index (χ2n) is 9.78. The number of ketones is 1. The first-order valence-corrected chi connectivity index (χ1v) is 12.8. The summed E-state index contributed by atoms with van der Waals surface area (Å²) in [6.45, 7) is 1.94. The van der Waals surface area contributed by atoms with Gasteiger partial charge < -0.3 is 15.5 Å². The fourth-order valence-electron chi connectivity index (χ4n) is 5.25. The summed E-state index contributed by atoms with van der Waals surface area (Å²) in [4.78, 5) is 41.8. The standard InChI is InChI=1S/C31H31N3O3/c1-21-10-9-15-24(18-21)32-31(37)33-27-19-26(22-11-3-2-4-12-22)25-16-7-8-17-28(25)34(30(27)36)20-29(35)23-13-5-6-14-23/h2-4,7-12,15-19,23,27H,5-6,13-14,20H2,1H3,(H2,32,33,37)/t27-/m0/s1. The van der Waals surface area contributed by atoms with Crippen molar-refractivity contribution < 1.29 is 14.4 Å². The first-order valence-electron chi connectivity index (χ1n) is 12.8. The number of hydrogen-bond donors (Lipinski definition) is 2. The minimum atomic E-state index is -0.955. The molecule has 37 heavy (non-hydrogen) atoms. The minimum Gasteiger partial charge on any atom is -0.323 e. The van der Waals surface area contributed by atoms with Crippen LogP contribution in [-0.4, -0.2) is 30.3 Å². The molecule has 5 rings (SSSR count). The number of hydrogen-bond acceptors (Lipinski definition) is 3. The summed E-state index contributed by atoms with van der Waals surface area (Å²) in [5.41, 5.74) is 4.95. The Bertz CT molecular complexity index is 1340. The van der Waals surface area contributed by atoms with Gasteiger partial charge in [0.25, 0.3) is 5.91 Å². The highest BCUT2D eigenvalue weighted by atomic mass is 16.2. The van der Waals surface area contributed by atoms with Crippen molar-refractivity contribution in [2.24, 2.45) is 5.92 Å². The topological polar surface area (TPSA) is 78.5 Å². The summed E-state index contributed by atoms with van der Waals surface area (Å²) in [5, 5.41) is 5.69. The molecule has 2 N–H and O–H groups in total. The summed E-state index contributed by atoms with van der Waals surface area (Å²) in [5.74, 6) is -0.267. The van der Waals surface area contributed by atoms with Crippen molar-refractivity contribution >= 4 is 34.7 Å². The summed E-state index contributed by atoms with van der Waals surface area (Å²) >= 11 is 0. The molecule has 0 spiro atoms. The van der Waals surface area contributed by atoms with E-state index in [2.05, 4.69) is 10.6 Å². The largest absolute Gasteiger partial charge is 0.323 e. The number of para-hydroxylation sites is 1. The van der Waals surface area contributed by atoms with E-state index in [-0.39, 0.29) is 24.2 Å². The maximum absolute atomic E-state index is 14.0. The second kappa shape index (κ2) is 10.8. The molecule has 0 radical (unpaired) electrons. The lowest BCUT2D eigenvalue weighted by molar-refractivity contribution is -0.125. The lowest BCUT2D eigenvalue weighted by Gasteiger charge is -2.26. The Kier molecular flexibility index (Phi) is 7.17. The van der Waals surface area contributed by atoms with Crippen LogP contribution in [0.4, 0.5) is 16.2 Å². The highest BCUT2D eigenvalue weighted by molar-refractivity contribution is 6.10. The van der Waals surface area contributed by atoms with Gasteiger partial charge in [0.1, 0.15) is 6.04 Å². The first-order chi connectivity index (χ1) is 18.0. The number of nitrogens with one attached hydrogen (secondary N) is 2. The molecule has 1 fully saturated rings. The van der Waals surface area contributed by atoms with Crippen molar-refractivity contribution in [2.45, 2.75) is 38.6 Å². The smallest absolute Gasteiger partial charge is 0.320 e. The summed E-state index contributed by atoms with van der Waals surface area (Å²) in [6.07, 6.45) is 5.63. The van der Waals surface area contributed by atoms with Gasteiger partial charge in [-0.25, -0.2) is 4.79 Å². The highest BCUT2D eigenvalue weighted by Gasteiger charge is 2.34. The number of benzene rings is 3. The van der Waals surface area contributed by atoms with Crippen LogP contribution in [0.2, 0.25) is 0 Å². The Balaban J connectivity index is 1.51. The number of fused-ring (bicyclic) bond motifs is 1. The van der Waals surface area contributed by atoms with E-state index in [1.807, 2.05) is 79.7 Å². The van der Waals surface area contributed by atoms with E-state index in [4.69, 9.17) is 0 Å². The highest BCUT2D eigenvalue weighted by Crippen LogP contribution is 2.36. The Hall–Kier alpha value is -4.19. The number of carbonyl (C=O) groups excluding carboxylic acids is 3. The van der Waals surface area contributed by atoms with E-state index in [0.29, 0.717) is 11.4 Å². The van der Waals surface area contributed by atoms with Gasteiger partial charge in [-0.2, -0.15) is 0 Å². The number of rotatable bonds is 6. The van der Waals surface area contributed by atoms with Crippen LogP contribution in [0.15, 0.2) is 84.9 Å². The number of nitrogens with zero attached hydrogens (tertiary/aromatic N) is 1. The van der Waals surface area contributed by atoms with Gasteiger partial charge in [-0.1, -0.05) is 73.5 Å². The number of anilines is 2. The van der Waals surface area contributed by atoms with Gasteiger partial charge in [0.05, 0.1) is 12.2 Å². The molecule has 188 valence electrons. The van der Waals surface area contributed by atoms with Crippen LogP contribution in [0.3, 0.4) is 0 Å². The van der Waals surface area contributed by atoms with Crippen LogP contribution in [0.5, 0.6) is 0 Å². The van der Waals surface area contributed by atoms with Crippen molar-refractivity contribution in [3.05, 3.63) is 102 Å². The van der Waals surface area contributed by atoms with Gasteiger partial charge in [0, 0.05) is 17.2 Å². The Morgan fingerprint density at radius 3 is 2.41 bits per heavy atom. The molecule has 0 aromatic heterocycles. The molecule has 3 aromatic carbocycles. The Labute approximate surface area is 217 Å².